The quantitative estimate of drug-likeness (QED) is 0.736. The van der Waals surface area contributed by atoms with Crippen LogP contribution in [-0.2, 0) is 20.1 Å². The van der Waals surface area contributed by atoms with E-state index in [4.69, 9.17) is 4.74 Å². The van der Waals surface area contributed by atoms with Crippen LogP contribution in [-0.4, -0.2) is 24.2 Å². The number of carbonyl (C=O) groups is 2. The number of esters is 1. The standard InChI is InChI=1S/C21H25NO3S/c1-14-5-7-18(8-6-14)12-26-13-20(24)25-11-19(23)22-21-16(3)9-15(2)10-17(21)4/h5-10H,11-13H2,1-4H3,(H,22,23). The molecule has 0 aliphatic rings. The molecule has 0 spiro atoms. The van der Waals surface area contributed by atoms with E-state index in [0.29, 0.717) is 0 Å². The molecule has 0 bridgehead atoms. The topological polar surface area (TPSA) is 55.4 Å². The molecule has 0 aliphatic carbocycles. The summed E-state index contributed by atoms with van der Waals surface area (Å²) in [5.74, 6) is 0.263. The third kappa shape index (κ3) is 6.23. The Hall–Kier alpha value is -2.27. The minimum absolute atomic E-state index is 0.226. The van der Waals surface area contributed by atoms with Gasteiger partial charge in [-0.25, -0.2) is 0 Å². The summed E-state index contributed by atoms with van der Waals surface area (Å²) in [6.07, 6.45) is 0. The van der Waals surface area contributed by atoms with Crippen LogP contribution in [0.3, 0.4) is 0 Å². The number of hydrogen-bond acceptors (Lipinski definition) is 4. The number of thioether (sulfide) groups is 1. The van der Waals surface area contributed by atoms with Gasteiger partial charge < -0.3 is 10.1 Å². The lowest BCUT2D eigenvalue weighted by Crippen LogP contribution is -2.22. The second-order valence-electron chi connectivity index (χ2n) is 6.46. The van der Waals surface area contributed by atoms with Crippen molar-refractivity contribution in [1.82, 2.24) is 0 Å². The van der Waals surface area contributed by atoms with Gasteiger partial charge in [0.2, 0.25) is 0 Å². The van der Waals surface area contributed by atoms with Gasteiger partial charge in [0.05, 0.1) is 5.75 Å². The van der Waals surface area contributed by atoms with E-state index in [-0.39, 0.29) is 24.2 Å². The summed E-state index contributed by atoms with van der Waals surface area (Å²) >= 11 is 1.48. The van der Waals surface area contributed by atoms with Crippen molar-refractivity contribution in [2.24, 2.45) is 0 Å². The van der Waals surface area contributed by atoms with Crippen molar-refractivity contribution in [2.75, 3.05) is 17.7 Å². The lowest BCUT2D eigenvalue weighted by atomic mass is 10.1. The zero-order valence-corrected chi connectivity index (χ0v) is 16.5. The van der Waals surface area contributed by atoms with Crippen LogP contribution in [0.25, 0.3) is 0 Å². The average Bonchev–Trinajstić information content (AvgIpc) is 2.58. The van der Waals surface area contributed by atoms with Crippen LogP contribution in [0.15, 0.2) is 36.4 Å². The first-order valence-electron chi connectivity index (χ1n) is 8.52. The predicted octanol–water partition coefficient (Wildman–Crippen LogP) is 4.34. The molecule has 2 aromatic rings. The molecule has 0 aromatic heterocycles. The number of benzene rings is 2. The Morgan fingerprint density at radius 1 is 0.962 bits per heavy atom. The van der Waals surface area contributed by atoms with Gasteiger partial charge in [-0.15, -0.1) is 11.8 Å². The highest BCUT2D eigenvalue weighted by Gasteiger charge is 2.11. The molecule has 5 heteroatoms. The highest BCUT2D eigenvalue weighted by atomic mass is 32.2. The van der Waals surface area contributed by atoms with Crippen molar-refractivity contribution in [1.29, 1.82) is 0 Å². The van der Waals surface area contributed by atoms with Crippen molar-refractivity contribution < 1.29 is 14.3 Å². The molecular formula is C21H25NO3S. The normalized spacial score (nSPS) is 10.5. The summed E-state index contributed by atoms with van der Waals surface area (Å²) in [6.45, 7) is 7.68. The number of rotatable bonds is 7. The largest absolute Gasteiger partial charge is 0.455 e. The predicted molar refractivity (Wildman–Crippen MR) is 108 cm³/mol. The molecule has 2 rings (SSSR count). The molecule has 138 valence electrons. The molecule has 1 amide bonds. The molecule has 0 saturated carbocycles. The van der Waals surface area contributed by atoms with E-state index < -0.39 is 0 Å². The van der Waals surface area contributed by atoms with Gasteiger partial charge >= 0.3 is 5.97 Å². The minimum Gasteiger partial charge on any atom is -0.455 e. The lowest BCUT2D eigenvalue weighted by Gasteiger charge is -2.13. The molecule has 0 saturated heterocycles. The van der Waals surface area contributed by atoms with Gasteiger partial charge in [-0.2, -0.15) is 0 Å². The van der Waals surface area contributed by atoms with Crippen LogP contribution in [0.4, 0.5) is 5.69 Å². The summed E-state index contributed by atoms with van der Waals surface area (Å²) < 4.78 is 5.06. The van der Waals surface area contributed by atoms with Crippen molar-refractivity contribution >= 4 is 29.3 Å². The first-order chi connectivity index (χ1) is 12.3. The van der Waals surface area contributed by atoms with Gasteiger partial charge in [-0.05, 0) is 44.4 Å². The highest BCUT2D eigenvalue weighted by molar-refractivity contribution is 7.99. The molecule has 0 heterocycles. The summed E-state index contributed by atoms with van der Waals surface area (Å²) in [4.78, 5) is 23.8. The molecule has 4 nitrogen and oxygen atoms in total. The average molecular weight is 372 g/mol. The molecule has 2 aromatic carbocycles. The number of anilines is 1. The van der Waals surface area contributed by atoms with Gasteiger partial charge in [0.1, 0.15) is 0 Å². The first kappa shape index (κ1) is 20.0. The van der Waals surface area contributed by atoms with Crippen LogP contribution in [0, 0.1) is 27.7 Å². The zero-order chi connectivity index (χ0) is 19.1. The van der Waals surface area contributed by atoms with Crippen LogP contribution >= 0.6 is 11.8 Å². The Morgan fingerprint density at radius 3 is 2.19 bits per heavy atom. The number of carbonyl (C=O) groups excluding carboxylic acids is 2. The molecule has 0 atom stereocenters. The number of amides is 1. The van der Waals surface area contributed by atoms with Gasteiger partial charge in [-0.1, -0.05) is 47.5 Å². The summed E-state index contributed by atoms with van der Waals surface area (Å²) in [5.41, 5.74) is 6.30. The number of nitrogens with one attached hydrogen (secondary N) is 1. The van der Waals surface area contributed by atoms with Crippen LogP contribution in [0.2, 0.25) is 0 Å². The van der Waals surface area contributed by atoms with Crippen LogP contribution in [0.5, 0.6) is 0 Å². The first-order valence-corrected chi connectivity index (χ1v) is 9.67. The number of ether oxygens (including phenoxy) is 1. The molecule has 0 unspecified atom stereocenters. The molecule has 0 fully saturated rings. The van der Waals surface area contributed by atoms with Crippen LogP contribution in [0.1, 0.15) is 27.8 Å². The molecule has 26 heavy (non-hydrogen) atoms. The van der Waals surface area contributed by atoms with E-state index in [1.54, 1.807) is 0 Å². The fraction of sp³-hybridized carbons (Fsp3) is 0.333. The second-order valence-corrected chi connectivity index (χ2v) is 7.45. The maximum atomic E-state index is 12.0. The Balaban J connectivity index is 1.73. The zero-order valence-electron chi connectivity index (χ0n) is 15.7. The summed E-state index contributed by atoms with van der Waals surface area (Å²) in [7, 11) is 0. The third-order valence-electron chi connectivity index (χ3n) is 3.91. The van der Waals surface area contributed by atoms with Crippen molar-refractivity contribution in [2.45, 2.75) is 33.4 Å². The molecule has 0 aliphatic heterocycles. The van der Waals surface area contributed by atoms with Gasteiger partial charge in [0.15, 0.2) is 6.61 Å². The van der Waals surface area contributed by atoms with Gasteiger partial charge in [0.25, 0.3) is 5.91 Å². The highest BCUT2D eigenvalue weighted by Crippen LogP contribution is 2.21. The van der Waals surface area contributed by atoms with Crippen LogP contribution < -0.4 is 5.32 Å². The van der Waals surface area contributed by atoms with Gasteiger partial charge in [0, 0.05) is 11.4 Å². The minimum atomic E-state index is -0.380. The van der Waals surface area contributed by atoms with Crippen molar-refractivity contribution in [3.63, 3.8) is 0 Å². The monoisotopic (exact) mass is 371 g/mol. The third-order valence-corrected chi connectivity index (χ3v) is 4.89. The Bertz CT molecular complexity index is 761. The molecule has 0 radical (unpaired) electrons. The fourth-order valence-electron chi connectivity index (χ4n) is 2.68. The van der Waals surface area contributed by atoms with Crippen molar-refractivity contribution in [3.05, 3.63) is 64.2 Å². The number of hydrogen-bond donors (Lipinski definition) is 1. The SMILES string of the molecule is Cc1ccc(CSCC(=O)OCC(=O)Nc2c(C)cc(C)cc2C)cc1. The maximum Gasteiger partial charge on any atom is 0.316 e. The second kappa shape index (κ2) is 9.43. The maximum absolute atomic E-state index is 12.0. The Labute approximate surface area is 159 Å². The molecular weight excluding hydrogens is 346 g/mol. The van der Waals surface area contributed by atoms with Crippen molar-refractivity contribution in [3.8, 4) is 0 Å². The Morgan fingerprint density at radius 2 is 1.58 bits per heavy atom. The summed E-state index contributed by atoms with van der Waals surface area (Å²) in [5, 5.41) is 2.83. The van der Waals surface area contributed by atoms with E-state index in [0.717, 1.165) is 33.7 Å². The van der Waals surface area contributed by atoms with E-state index in [1.165, 1.54) is 17.3 Å². The van der Waals surface area contributed by atoms with E-state index in [2.05, 4.69) is 5.32 Å². The smallest absolute Gasteiger partial charge is 0.316 e. The van der Waals surface area contributed by atoms with Gasteiger partial charge in [-0.3, -0.25) is 9.59 Å². The Kier molecular flexibility index (Phi) is 7.27. The fourth-order valence-corrected chi connectivity index (χ4v) is 3.46. The molecule has 1 N–H and O–H groups in total. The number of aryl methyl sites for hydroxylation is 4. The van der Waals surface area contributed by atoms with E-state index in [9.17, 15) is 9.59 Å². The van der Waals surface area contributed by atoms with E-state index in [1.807, 2.05) is 64.1 Å². The summed E-state index contributed by atoms with van der Waals surface area (Å²) in [6, 6.07) is 12.2. The lowest BCUT2D eigenvalue weighted by molar-refractivity contribution is -0.144. The van der Waals surface area contributed by atoms with E-state index >= 15 is 0 Å².